The van der Waals surface area contributed by atoms with Crippen molar-refractivity contribution in [3.63, 3.8) is 0 Å². The zero-order valence-electron chi connectivity index (χ0n) is 16.4. The highest BCUT2D eigenvalue weighted by molar-refractivity contribution is 5.88. The lowest BCUT2D eigenvalue weighted by atomic mass is 9.80. The minimum Gasteiger partial charge on any atom is -0.496 e. The minimum absolute atomic E-state index is 0.0273. The maximum atomic E-state index is 10.9. The van der Waals surface area contributed by atoms with E-state index in [2.05, 4.69) is 49.8 Å². The highest BCUT2D eigenvalue weighted by atomic mass is 16.6. The van der Waals surface area contributed by atoms with Crippen LogP contribution in [-0.4, -0.2) is 30.8 Å². The number of benzene rings is 2. The van der Waals surface area contributed by atoms with E-state index in [1.807, 2.05) is 0 Å². The van der Waals surface area contributed by atoms with Gasteiger partial charge in [-0.3, -0.25) is 15.1 Å². The van der Waals surface area contributed by atoms with E-state index in [1.165, 1.54) is 23.4 Å². The van der Waals surface area contributed by atoms with Crippen LogP contribution in [0, 0.1) is 10.1 Å². The Kier molecular flexibility index (Phi) is 4.91. The second-order valence-corrected chi connectivity index (χ2v) is 7.66. The molecule has 1 heterocycles. The van der Waals surface area contributed by atoms with Crippen molar-refractivity contribution in [3.8, 4) is 5.75 Å². The first kappa shape index (κ1) is 18.9. The Morgan fingerprint density at radius 2 is 2.07 bits per heavy atom. The number of rotatable bonds is 4. The molecule has 0 aliphatic carbocycles. The summed E-state index contributed by atoms with van der Waals surface area (Å²) in [6, 6.07) is 10.5. The molecule has 1 atom stereocenters. The molecule has 2 aromatic rings. The van der Waals surface area contributed by atoms with Crippen LogP contribution in [0.3, 0.4) is 0 Å². The summed E-state index contributed by atoms with van der Waals surface area (Å²) in [4.78, 5) is 17.2. The lowest BCUT2D eigenvalue weighted by Gasteiger charge is -2.45. The molecule has 1 aliphatic rings. The highest BCUT2D eigenvalue weighted by Gasteiger charge is 2.34. The fraction of sp³-hybridized carbons (Fsp3) is 0.381. The molecular weight excluding hydrogens is 342 g/mol. The van der Waals surface area contributed by atoms with Crippen molar-refractivity contribution >= 4 is 23.3 Å². The van der Waals surface area contributed by atoms with E-state index in [1.54, 1.807) is 25.5 Å². The van der Waals surface area contributed by atoms with Crippen LogP contribution in [0.15, 0.2) is 41.4 Å². The van der Waals surface area contributed by atoms with E-state index in [-0.39, 0.29) is 11.2 Å². The maximum Gasteiger partial charge on any atom is 0.271 e. The molecule has 1 aliphatic heterocycles. The summed E-state index contributed by atoms with van der Waals surface area (Å²) in [5, 5.41) is 10.9. The fourth-order valence-corrected chi connectivity index (χ4v) is 3.72. The Morgan fingerprint density at radius 3 is 2.74 bits per heavy atom. The van der Waals surface area contributed by atoms with Gasteiger partial charge in [-0.25, -0.2) is 0 Å². The Bertz CT molecular complexity index is 906. The lowest BCUT2D eigenvalue weighted by molar-refractivity contribution is -0.384. The van der Waals surface area contributed by atoms with Gasteiger partial charge in [0.1, 0.15) is 5.75 Å². The van der Waals surface area contributed by atoms with Crippen LogP contribution in [0.25, 0.3) is 0 Å². The van der Waals surface area contributed by atoms with Crippen LogP contribution in [0.4, 0.5) is 17.1 Å². The zero-order valence-corrected chi connectivity index (χ0v) is 16.4. The predicted octanol–water partition coefficient (Wildman–Crippen LogP) is 5.08. The normalized spacial score (nSPS) is 18.4. The summed E-state index contributed by atoms with van der Waals surface area (Å²) in [7, 11) is 3.75. The molecule has 0 N–H and O–H groups in total. The van der Waals surface area contributed by atoms with Crippen LogP contribution in [0.1, 0.15) is 44.2 Å². The van der Waals surface area contributed by atoms with Crippen LogP contribution < -0.4 is 9.64 Å². The summed E-state index contributed by atoms with van der Waals surface area (Å²) in [6.07, 6.45) is 2.77. The summed E-state index contributed by atoms with van der Waals surface area (Å²) in [5.74, 6) is 1.15. The second kappa shape index (κ2) is 7.02. The van der Waals surface area contributed by atoms with Gasteiger partial charge in [0.05, 0.1) is 17.7 Å². The first-order chi connectivity index (χ1) is 12.7. The standard InChI is InChI=1S/C21H25N3O3/c1-14-12-21(2,3)23(4)19-11-20(27-5)15(9-18(14)19)13-22-16-7-6-8-17(10-16)24(25)26/h6-11,13-14H,12H2,1-5H3. The smallest absolute Gasteiger partial charge is 0.271 e. The quantitative estimate of drug-likeness (QED) is 0.429. The highest BCUT2D eigenvalue weighted by Crippen LogP contribution is 2.44. The van der Waals surface area contributed by atoms with Gasteiger partial charge in [0, 0.05) is 48.3 Å². The molecule has 0 amide bonds. The molecule has 6 heteroatoms. The minimum atomic E-state index is -0.419. The van der Waals surface area contributed by atoms with Crippen molar-refractivity contribution in [3.05, 3.63) is 57.6 Å². The number of nitro groups is 1. The third-order valence-corrected chi connectivity index (χ3v) is 5.38. The summed E-state index contributed by atoms with van der Waals surface area (Å²) >= 11 is 0. The third kappa shape index (κ3) is 3.65. The first-order valence-corrected chi connectivity index (χ1v) is 8.97. The molecule has 0 saturated heterocycles. The average Bonchev–Trinajstić information content (AvgIpc) is 2.63. The van der Waals surface area contributed by atoms with Crippen LogP contribution in [0.2, 0.25) is 0 Å². The molecular formula is C21H25N3O3. The van der Waals surface area contributed by atoms with Gasteiger partial charge in [-0.15, -0.1) is 0 Å². The van der Waals surface area contributed by atoms with Crippen LogP contribution >= 0.6 is 0 Å². The molecule has 1 unspecified atom stereocenters. The van der Waals surface area contributed by atoms with Crippen molar-refractivity contribution in [1.29, 1.82) is 0 Å². The predicted molar refractivity (Wildman–Crippen MR) is 109 cm³/mol. The van der Waals surface area contributed by atoms with Crippen molar-refractivity contribution in [1.82, 2.24) is 0 Å². The number of nitro benzene ring substituents is 1. The Morgan fingerprint density at radius 1 is 1.33 bits per heavy atom. The fourth-order valence-electron chi connectivity index (χ4n) is 3.72. The second-order valence-electron chi connectivity index (χ2n) is 7.66. The van der Waals surface area contributed by atoms with E-state index in [9.17, 15) is 10.1 Å². The maximum absolute atomic E-state index is 10.9. The molecule has 3 rings (SSSR count). The number of fused-ring (bicyclic) bond motifs is 1. The molecule has 0 spiro atoms. The summed E-state index contributed by atoms with van der Waals surface area (Å²) in [5.41, 5.74) is 3.94. The van der Waals surface area contributed by atoms with Crippen molar-refractivity contribution in [2.75, 3.05) is 19.1 Å². The Balaban J connectivity index is 2.01. The van der Waals surface area contributed by atoms with Gasteiger partial charge in [0.15, 0.2) is 0 Å². The summed E-state index contributed by atoms with van der Waals surface area (Å²) < 4.78 is 5.59. The van der Waals surface area contributed by atoms with Gasteiger partial charge in [-0.1, -0.05) is 13.0 Å². The summed E-state index contributed by atoms with van der Waals surface area (Å²) in [6.45, 7) is 6.73. The molecule has 2 aromatic carbocycles. The average molecular weight is 367 g/mol. The van der Waals surface area contributed by atoms with E-state index in [0.29, 0.717) is 11.6 Å². The van der Waals surface area contributed by atoms with Gasteiger partial charge in [-0.05, 0) is 43.9 Å². The van der Waals surface area contributed by atoms with Gasteiger partial charge >= 0.3 is 0 Å². The molecule has 0 saturated carbocycles. The number of non-ortho nitro benzene ring substituents is 1. The van der Waals surface area contributed by atoms with Gasteiger partial charge < -0.3 is 9.64 Å². The van der Waals surface area contributed by atoms with Crippen LogP contribution in [0.5, 0.6) is 5.75 Å². The number of anilines is 1. The Hall–Kier alpha value is -2.89. The van der Waals surface area contributed by atoms with E-state index < -0.39 is 4.92 Å². The number of aliphatic imine (C=N–C) groups is 1. The largest absolute Gasteiger partial charge is 0.496 e. The number of hydrogen-bond donors (Lipinski definition) is 0. The molecule has 27 heavy (non-hydrogen) atoms. The molecule has 6 nitrogen and oxygen atoms in total. The molecule has 0 radical (unpaired) electrons. The van der Waals surface area contributed by atoms with Crippen molar-refractivity contribution in [2.24, 2.45) is 4.99 Å². The molecule has 0 bridgehead atoms. The van der Waals surface area contributed by atoms with Gasteiger partial charge in [-0.2, -0.15) is 0 Å². The number of ether oxygens (including phenoxy) is 1. The van der Waals surface area contributed by atoms with Gasteiger partial charge in [0.2, 0.25) is 0 Å². The Labute approximate surface area is 159 Å². The van der Waals surface area contributed by atoms with Crippen LogP contribution in [-0.2, 0) is 0 Å². The molecule has 142 valence electrons. The first-order valence-electron chi connectivity index (χ1n) is 8.97. The zero-order chi connectivity index (χ0) is 19.8. The van der Waals surface area contributed by atoms with Gasteiger partial charge in [0.25, 0.3) is 5.69 Å². The number of hydrogen-bond acceptors (Lipinski definition) is 5. The SMILES string of the molecule is COc1cc2c(cc1C=Nc1cccc([N+](=O)[O-])c1)C(C)CC(C)(C)N2C. The topological polar surface area (TPSA) is 68.0 Å². The van der Waals surface area contributed by atoms with E-state index in [0.717, 1.165) is 17.7 Å². The molecule has 0 fully saturated rings. The molecule has 0 aromatic heterocycles. The number of nitrogens with zero attached hydrogens (tertiary/aromatic N) is 3. The van der Waals surface area contributed by atoms with Crippen molar-refractivity contribution in [2.45, 2.75) is 38.6 Å². The monoisotopic (exact) mass is 367 g/mol. The lowest BCUT2D eigenvalue weighted by Crippen LogP contribution is -2.45. The van der Waals surface area contributed by atoms with E-state index >= 15 is 0 Å². The third-order valence-electron chi connectivity index (χ3n) is 5.38. The van der Waals surface area contributed by atoms with Crippen molar-refractivity contribution < 1.29 is 9.66 Å². The van der Waals surface area contributed by atoms with E-state index in [4.69, 9.17) is 4.74 Å². The number of methoxy groups -OCH3 is 1.